The number of rotatable bonds is 4. The molecule has 4 nitrogen and oxygen atoms in total. The summed E-state index contributed by atoms with van der Waals surface area (Å²) in [6, 6.07) is 14.4. The molecule has 7 heteroatoms. The van der Waals surface area contributed by atoms with Crippen LogP contribution < -0.4 is 4.72 Å². The van der Waals surface area contributed by atoms with E-state index in [0.717, 1.165) is 21.3 Å². The molecule has 0 aliphatic rings. The average molecular weight is 409 g/mol. The zero-order valence-corrected chi connectivity index (χ0v) is 15.4. The summed E-state index contributed by atoms with van der Waals surface area (Å²) < 4.78 is 28.2. The first kappa shape index (κ1) is 16.2. The molecule has 3 rings (SSSR count). The third kappa shape index (κ3) is 3.80. The van der Waals surface area contributed by atoms with Gasteiger partial charge >= 0.3 is 0 Å². The highest BCUT2D eigenvalue weighted by molar-refractivity contribution is 9.10. The van der Waals surface area contributed by atoms with Gasteiger partial charge in [0, 0.05) is 15.4 Å². The molecular weight excluding hydrogens is 396 g/mol. The van der Waals surface area contributed by atoms with Crippen LogP contribution >= 0.6 is 27.3 Å². The van der Waals surface area contributed by atoms with Gasteiger partial charge in [0.2, 0.25) is 0 Å². The molecule has 0 spiro atoms. The van der Waals surface area contributed by atoms with Crippen molar-refractivity contribution in [3.05, 3.63) is 63.9 Å². The van der Waals surface area contributed by atoms with E-state index in [9.17, 15) is 8.42 Å². The van der Waals surface area contributed by atoms with Gasteiger partial charge in [-0.3, -0.25) is 4.72 Å². The molecule has 0 unspecified atom stereocenters. The van der Waals surface area contributed by atoms with E-state index in [1.807, 2.05) is 36.6 Å². The van der Waals surface area contributed by atoms with Crippen LogP contribution in [-0.2, 0) is 10.0 Å². The summed E-state index contributed by atoms with van der Waals surface area (Å²) in [5.74, 6) is 0. The number of nitrogens with one attached hydrogen (secondary N) is 1. The lowest BCUT2D eigenvalue weighted by molar-refractivity contribution is 0.601. The summed E-state index contributed by atoms with van der Waals surface area (Å²) in [5, 5.41) is 2.18. The van der Waals surface area contributed by atoms with E-state index >= 15 is 0 Å². The highest BCUT2D eigenvalue weighted by Crippen LogP contribution is 2.28. The molecule has 0 radical (unpaired) electrons. The molecule has 0 saturated heterocycles. The minimum atomic E-state index is -3.62. The highest BCUT2D eigenvalue weighted by Gasteiger charge is 2.16. The Labute approximate surface area is 147 Å². The maximum atomic E-state index is 12.4. The van der Waals surface area contributed by atoms with E-state index in [2.05, 4.69) is 25.6 Å². The minimum Gasteiger partial charge on any atom is -0.255 e. The first-order valence-electron chi connectivity index (χ1n) is 6.75. The molecule has 0 bridgehead atoms. The van der Waals surface area contributed by atoms with Crippen molar-refractivity contribution in [2.24, 2.45) is 0 Å². The highest BCUT2D eigenvalue weighted by atomic mass is 79.9. The van der Waals surface area contributed by atoms with Crippen LogP contribution in [-0.4, -0.2) is 13.4 Å². The van der Waals surface area contributed by atoms with Crippen molar-refractivity contribution in [2.45, 2.75) is 11.8 Å². The number of aryl methyl sites for hydroxylation is 1. The van der Waals surface area contributed by atoms with E-state index in [4.69, 9.17) is 0 Å². The predicted octanol–water partition coefficient (Wildman–Crippen LogP) is 4.68. The van der Waals surface area contributed by atoms with Crippen molar-refractivity contribution in [1.29, 1.82) is 0 Å². The van der Waals surface area contributed by atoms with Gasteiger partial charge in [-0.15, -0.1) is 11.3 Å². The monoisotopic (exact) mass is 408 g/mol. The van der Waals surface area contributed by atoms with E-state index in [1.54, 1.807) is 24.3 Å². The van der Waals surface area contributed by atoms with Crippen LogP contribution in [0.15, 0.2) is 63.3 Å². The number of sulfonamides is 1. The fourth-order valence-electron chi connectivity index (χ4n) is 1.99. The normalized spacial score (nSPS) is 11.4. The van der Waals surface area contributed by atoms with Crippen LogP contribution in [0.25, 0.3) is 11.3 Å². The number of hydrogen-bond acceptors (Lipinski definition) is 4. The average Bonchev–Trinajstić information content (AvgIpc) is 2.95. The van der Waals surface area contributed by atoms with Crippen molar-refractivity contribution >= 4 is 42.4 Å². The van der Waals surface area contributed by atoms with Crippen molar-refractivity contribution < 1.29 is 8.42 Å². The lowest BCUT2D eigenvalue weighted by Gasteiger charge is -2.05. The molecule has 23 heavy (non-hydrogen) atoms. The Balaban J connectivity index is 1.85. The molecule has 1 heterocycles. The molecule has 0 aliphatic heterocycles. The Bertz CT molecular complexity index is 935. The maximum Gasteiger partial charge on any atom is 0.263 e. The van der Waals surface area contributed by atoms with E-state index in [1.165, 1.54) is 11.3 Å². The van der Waals surface area contributed by atoms with Gasteiger partial charge in [-0.05, 0) is 31.2 Å². The Morgan fingerprint density at radius 2 is 1.87 bits per heavy atom. The van der Waals surface area contributed by atoms with E-state index in [-0.39, 0.29) is 4.90 Å². The topological polar surface area (TPSA) is 59.1 Å². The van der Waals surface area contributed by atoms with Gasteiger partial charge in [-0.25, -0.2) is 13.4 Å². The molecular formula is C16H13BrN2O2S2. The molecule has 3 aromatic rings. The van der Waals surface area contributed by atoms with Crippen LogP contribution in [0.1, 0.15) is 5.56 Å². The minimum absolute atomic E-state index is 0.224. The Morgan fingerprint density at radius 1 is 1.13 bits per heavy atom. The summed E-state index contributed by atoms with van der Waals surface area (Å²) in [6.07, 6.45) is 0. The van der Waals surface area contributed by atoms with Gasteiger partial charge in [0.25, 0.3) is 10.0 Å². The zero-order chi connectivity index (χ0) is 16.4. The largest absolute Gasteiger partial charge is 0.263 e. The fourth-order valence-corrected chi connectivity index (χ4v) is 4.36. The molecule has 0 saturated carbocycles. The zero-order valence-electron chi connectivity index (χ0n) is 12.2. The lowest BCUT2D eigenvalue weighted by Crippen LogP contribution is -2.12. The van der Waals surface area contributed by atoms with Crippen molar-refractivity contribution in [1.82, 2.24) is 4.98 Å². The maximum absolute atomic E-state index is 12.4. The van der Waals surface area contributed by atoms with Gasteiger partial charge in [-0.2, -0.15) is 0 Å². The van der Waals surface area contributed by atoms with Gasteiger partial charge in [0.15, 0.2) is 5.13 Å². The van der Waals surface area contributed by atoms with Crippen LogP contribution in [0.3, 0.4) is 0 Å². The number of hydrogen-bond donors (Lipinski definition) is 1. The van der Waals surface area contributed by atoms with Crippen LogP contribution in [0, 0.1) is 6.92 Å². The molecule has 1 aromatic heterocycles. The third-order valence-electron chi connectivity index (χ3n) is 3.18. The number of anilines is 1. The molecule has 0 amide bonds. The fraction of sp³-hybridized carbons (Fsp3) is 0.0625. The van der Waals surface area contributed by atoms with Gasteiger partial charge in [-0.1, -0.05) is 45.8 Å². The van der Waals surface area contributed by atoms with Crippen LogP contribution in [0.5, 0.6) is 0 Å². The van der Waals surface area contributed by atoms with Gasteiger partial charge < -0.3 is 0 Å². The number of nitrogens with zero attached hydrogens (tertiary/aromatic N) is 1. The lowest BCUT2D eigenvalue weighted by atomic mass is 10.2. The SMILES string of the molecule is Cc1ccc(S(=O)(=O)Nc2nc(-c3cccc(Br)c3)cs2)cc1. The van der Waals surface area contributed by atoms with Crippen LogP contribution in [0.2, 0.25) is 0 Å². The second kappa shape index (κ2) is 6.43. The molecule has 2 aromatic carbocycles. The standard InChI is InChI=1S/C16H13BrN2O2S2/c1-11-5-7-14(8-6-11)23(20,21)19-16-18-15(10-22-16)12-3-2-4-13(17)9-12/h2-10H,1H3,(H,18,19). The van der Waals surface area contributed by atoms with E-state index < -0.39 is 10.0 Å². The molecule has 0 atom stereocenters. The van der Waals surface area contributed by atoms with E-state index in [0.29, 0.717) is 5.13 Å². The Morgan fingerprint density at radius 3 is 2.57 bits per heavy atom. The molecule has 1 N–H and O–H groups in total. The summed E-state index contributed by atoms with van der Waals surface area (Å²) in [4.78, 5) is 4.58. The van der Waals surface area contributed by atoms with Gasteiger partial charge in [0.05, 0.1) is 10.6 Å². The second-order valence-electron chi connectivity index (χ2n) is 4.97. The number of aromatic nitrogens is 1. The van der Waals surface area contributed by atoms with Crippen molar-refractivity contribution in [3.8, 4) is 11.3 Å². The number of benzene rings is 2. The second-order valence-corrected chi connectivity index (χ2v) is 8.42. The third-order valence-corrected chi connectivity index (χ3v) is 5.91. The van der Waals surface area contributed by atoms with Crippen LogP contribution in [0.4, 0.5) is 5.13 Å². The smallest absolute Gasteiger partial charge is 0.255 e. The Kier molecular flexibility index (Phi) is 4.52. The first-order chi connectivity index (χ1) is 10.9. The van der Waals surface area contributed by atoms with Gasteiger partial charge in [0.1, 0.15) is 0 Å². The summed E-state index contributed by atoms with van der Waals surface area (Å²) in [7, 11) is -3.62. The molecule has 118 valence electrons. The van der Waals surface area contributed by atoms with Crippen molar-refractivity contribution in [2.75, 3.05) is 4.72 Å². The summed E-state index contributed by atoms with van der Waals surface area (Å²) in [5.41, 5.74) is 2.67. The molecule has 0 fully saturated rings. The summed E-state index contributed by atoms with van der Waals surface area (Å²) >= 11 is 4.67. The first-order valence-corrected chi connectivity index (χ1v) is 9.90. The number of halogens is 1. The number of thiazole rings is 1. The van der Waals surface area contributed by atoms with Crippen molar-refractivity contribution in [3.63, 3.8) is 0 Å². The Hall–Kier alpha value is -1.70. The molecule has 0 aliphatic carbocycles. The summed E-state index contributed by atoms with van der Waals surface area (Å²) in [6.45, 7) is 1.91. The quantitative estimate of drug-likeness (QED) is 0.681. The predicted molar refractivity (Wildman–Crippen MR) is 97.2 cm³/mol.